The summed E-state index contributed by atoms with van der Waals surface area (Å²) < 4.78 is 0. The maximum Gasteiger partial charge on any atom is 0.238 e. The fourth-order valence-corrected chi connectivity index (χ4v) is 2.15. The molecule has 0 atom stereocenters. The molecule has 1 amide bonds. The molecule has 0 aliphatic heterocycles. The van der Waals surface area contributed by atoms with Gasteiger partial charge in [-0.3, -0.25) is 4.79 Å². The van der Waals surface area contributed by atoms with Crippen molar-refractivity contribution >= 4 is 11.6 Å². The highest BCUT2D eigenvalue weighted by molar-refractivity contribution is 5.92. The minimum atomic E-state index is -0.00754. The second-order valence-corrected chi connectivity index (χ2v) is 5.92. The molecule has 0 bridgehead atoms. The first-order valence-electron chi connectivity index (χ1n) is 6.59. The molecule has 1 rings (SSSR count). The summed E-state index contributed by atoms with van der Waals surface area (Å²) in [6, 6.07) is 9.51. The van der Waals surface area contributed by atoms with Gasteiger partial charge in [0.25, 0.3) is 0 Å². The minimum absolute atomic E-state index is 0.00754. The number of anilines is 1. The summed E-state index contributed by atoms with van der Waals surface area (Å²) in [6.45, 7) is 6.52. The van der Waals surface area contributed by atoms with E-state index in [-0.39, 0.29) is 11.3 Å². The molecule has 106 valence electrons. The Morgan fingerprint density at radius 2 is 1.84 bits per heavy atom. The van der Waals surface area contributed by atoms with Crippen LogP contribution < -0.4 is 10.6 Å². The summed E-state index contributed by atoms with van der Waals surface area (Å²) in [5, 5.41) is 6.07. The van der Waals surface area contributed by atoms with Crippen LogP contribution in [0.15, 0.2) is 30.3 Å². The standard InChI is InChI=1S/C15H25N3O/c1-15(2,12-18(3)4)11-16-10-14(19)17-13-8-6-5-7-9-13/h5-9,16H,10-12H2,1-4H3,(H,17,19). The molecule has 2 N–H and O–H groups in total. The van der Waals surface area contributed by atoms with Gasteiger partial charge in [-0.2, -0.15) is 0 Å². The van der Waals surface area contributed by atoms with Crippen molar-refractivity contribution in [3.63, 3.8) is 0 Å². The van der Waals surface area contributed by atoms with Crippen LogP contribution in [-0.2, 0) is 4.79 Å². The zero-order valence-electron chi connectivity index (χ0n) is 12.4. The number of nitrogens with zero attached hydrogens (tertiary/aromatic N) is 1. The lowest BCUT2D eigenvalue weighted by Crippen LogP contribution is -2.40. The summed E-state index contributed by atoms with van der Waals surface area (Å²) in [4.78, 5) is 13.9. The summed E-state index contributed by atoms with van der Waals surface area (Å²) in [5.41, 5.74) is 0.984. The Kier molecular flexibility index (Phi) is 5.99. The van der Waals surface area contributed by atoms with E-state index in [1.54, 1.807) is 0 Å². The van der Waals surface area contributed by atoms with Crippen molar-refractivity contribution in [3.8, 4) is 0 Å². The van der Waals surface area contributed by atoms with E-state index < -0.39 is 0 Å². The third-order valence-electron chi connectivity index (χ3n) is 2.69. The van der Waals surface area contributed by atoms with E-state index in [0.717, 1.165) is 18.8 Å². The van der Waals surface area contributed by atoms with E-state index in [2.05, 4.69) is 43.5 Å². The van der Waals surface area contributed by atoms with Gasteiger partial charge in [0.1, 0.15) is 0 Å². The van der Waals surface area contributed by atoms with Crippen LogP contribution in [0, 0.1) is 5.41 Å². The lowest BCUT2D eigenvalue weighted by Gasteiger charge is -2.28. The minimum Gasteiger partial charge on any atom is -0.325 e. The molecule has 1 aromatic carbocycles. The largest absolute Gasteiger partial charge is 0.325 e. The average Bonchev–Trinajstić information content (AvgIpc) is 2.28. The number of rotatable bonds is 7. The Labute approximate surface area is 116 Å². The highest BCUT2D eigenvalue weighted by atomic mass is 16.1. The van der Waals surface area contributed by atoms with Gasteiger partial charge in [0.15, 0.2) is 0 Å². The molecule has 0 aliphatic rings. The van der Waals surface area contributed by atoms with Crippen molar-refractivity contribution < 1.29 is 4.79 Å². The lowest BCUT2D eigenvalue weighted by molar-refractivity contribution is -0.115. The van der Waals surface area contributed by atoms with E-state index in [4.69, 9.17) is 0 Å². The smallest absolute Gasteiger partial charge is 0.238 e. The predicted octanol–water partition coefficient (Wildman–Crippen LogP) is 1.80. The van der Waals surface area contributed by atoms with E-state index in [1.807, 2.05) is 30.3 Å². The highest BCUT2D eigenvalue weighted by Gasteiger charge is 2.18. The first-order valence-corrected chi connectivity index (χ1v) is 6.59. The predicted molar refractivity (Wildman–Crippen MR) is 80.3 cm³/mol. The molecule has 0 saturated heterocycles. The zero-order chi connectivity index (χ0) is 14.3. The van der Waals surface area contributed by atoms with Gasteiger partial charge in [-0.15, -0.1) is 0 Å². The van der Waals surface area contributed by atoms with Crippen LogP contribution in [0.1, 0.15) is 13.8 Å². The SMILES string of the molecule is CN(C)CC(C)(C)CNCC(=O)Nc1ccccc1. The summed E-state index contributed by atoms with van der Waals surface area (Å²) in [7, 11) is 4.12. The number of amides is 1. The molecule has 0 radical (unpaired) electrons. The number of hydrogen-bond donors (Lipinski definition) is 2. The Bertz CT molecular complexity index is 388. The molecule has 0 saturated carbocycles. The number of benzene rings is 1. The Morgan fingerprint density at radius 1 is 1.21 bits per heavy atom. The third-order valence-corrected chi connectivity index (χ3v) is 2.69. The first-order chi connectivity index (χ1) is 8.89. The van der Waals surface area contributed by atoms with Gasteiger partial charge in [-0.1, -0.05) is 32.0 Å². The quantitative estimate of drug-likeness (QED) is 0.788. The van der Waals surface area contributed by atoms with Gasteiger partial charge in [0, 0.05) is 18.8 Å². The maximum atomic E-state index is 11.7. The molecule has 0 spiro atoms. The van der Waals surface area contributed by atoms with Crippen LogP contribution in [0.3, 0.4) is 0 Å². The van der Waals surface area contributed by atoms with Crippen molar-refractivity contribution in [1.29, 1.82) is 0 Å². The molecule has 0 fully saturated rings. The zero-order valence-corrected chi connectivity index (χ0v) is 12.4. The lowest BCUT2D eigenvalue weighted by atomic mass is 9.93. The number of para-hydroxylation sites is 1. The molecule has 19 heavy (non-hydrogen) atoms. The molecule has 0 unspecified atom stereocenters. The average molecular weight is 263 g/mol. The molecule has 0 aromatic heterocycles. The highest BCUT2D eigenvalue weighted by Crippen LogP contribution is 2.13. The van der Waals surface area contributed by atoms with Crippen LogP contribution >= 0.6 is 0 Å². The molecule has 4 heteroatoms. The molecule has 1 aromatic rings. The van der Waals surface area contributed by atoms with Crippen molar-refractivity contribution in [2.24, 2.45) is 5.41 Å². The summed E-state index contributed by atoms with van der Waals surface area (Å²) in [5.74, 6) is -0.00754. The van der Waals surface area contributed by atoms with Gasteiger partial charge < -0.3 is 15.5 Å². The number of hydrogen-bond acceptors (Lipinski definition) is 3. The number of carbonyl (C=O) groups is 1. The van der Waals surface area contributed by atoms with Crippen LogP contribution in [0.25, 0.3) is 0 Å². The van der Waals surface area contributed by atoms with Gasteiger partial charge in [-0.25, -0.2) is 0 Å². The summed E-state index contributed by atoms with van der Waals surface area (Å²) in [6.07, 6.45) is 0. The van der Waals surface area contributed by atoms with E-state index in [9.17, 15) is 4.79 Å². The van der Waals surface area contributed by atoms with Gasteiger partial charge in [0.05, 0.1) is 6.54 Å². The third kappa shape index (κ3) is 6.94. The topological polar surface area (TPSA) is 44.4 Å². The Hall–Kier alpha value is -1.39. The van der Waals surface area contributed by atoms with Crippen molar-refractivity contribution in [1.82, 2.24) is 10.2 Å². The van der Waals surface area contributed by atoms with Gasteiger partial charge in [0.2, 0.25) is 5.91 Å². The normalized spacial score (nSPS) is 11.6. The Balaban J connectivity index is 2.27. The van der Waals surface area contributed by atoms with Crippen molar-refractivity contribution in [2.75, 3.05) is 39.0 Å². The number of nitrogens with one attached hydrogen (secondary N) is 2. The first kappa shape index (κ1) is 15.7. The van der Waals surface area contributed by atoms with Gasteiger partial charge in [-0.05, 0) is 31.6 Å². The molecule has 0 heterocycles. The second-order valence-electron chi connectivity index (χ2n) is 5.92. The monoisotopic (exact) mass is 263 g/mol. The summed E-state index contributed by atoms with van der Waals surface area (Å²) >= 11 is 0. The Morgan fingerprint density at radius 3 is 2.42 bits per heavy atom. The molecular weight excluding hydrogens is 238 g/mol. The van der Waals surface area contributed by atoms with E-state index >= 15 is 0 Å². The van der Waals surface area contributed by atoms with Gasteiger partial charge >= 0.3 is 0 Å². The van der Waals surface area contributed by atoms with Crippen LogP contribution in [0.4, 0.5) is 5.69 Å². The van der Waals surface area contributed by atoms with E-state index in [1.165, 1.54) is 0 Å². The van der Waals surface area contributed by atoms with Crippen LogP contribution in [0.5, 0.6) is 0 Å². The van der Waals surface area contributed by atoms with E-state index in [0.29, 0.717) is 6.54 Å². The van der Waals surface area contributed by atoms with Crippen molar-refractivity contribution in [3.05, 3.63) is 30.3 Å². The molecular formula is C15H25N3O. The molecule has 4 nitrogen and oxygen atoms in total. The second kappa shape index (κ2) is 7.26. The maximum absolute atomic E-state index is 11.7. The molecule has 0 aliphatic carbocycles. The fraction of sp³-hybridized carbons (Fsp3) is 0.533. The van der Waals surface area contributed by atoms with Crippen LogP contribution in [0.2, 0.25) is 0 Å². The number of carbonyl (C=O) groups excluding carboxylic acids is 1. The van der Waals surface area contributed by atoms with Crippen LogP contribution in [-0.4, -0.2) is 44.5 Å². The fourth-order valence-electron chi connectivity index (χ4n) is 2.15. The van der Waals surface area contributed by atoms with Crippen molar-refractivity contribution in [2.45, 2.75) is 13.8 Å².